The topological polar surface area (TPSA) is 62.5 Å². The Labute approximate surface area is 111 Å². The maximum absolute atomic E-state index is 12.3. The van der Waals surface area contributed by atoms with E-state index >= 15 is 0 Å². The van der Waals surface area contributed by atoms with Crippen LogP contribution >= 0.6 is 0 Å². The monoisotopic (exact) mass is 260 g/mol. The Morgan fingerprint density at radius 2 is 1.95 bits per heavy atom. The smallest absolute Gasteiger partial charge is 0.326 e. The second-order valence-electron chi connectivity index (χ2n) is 4.58. The molecule has 1 N–H and O–H groups in total. The minimum absolute atomic E-state index is 0.298. The van der Waals surface area contributed by atoms with Crippen molar-refractivity contribution in [3.05, 3.63) is 36.0 Å². The summed E-state index contributed by atoms with van der Waals surface area (Å²) in [5.74, 6) is -1.32. The molecule has 0 aliphatic carbocycles. The number of nitrogens with zero attached hydrogens (tertiary/aromatic N) is 2. The molecule has 1 heterocycles. The maximum atomic E-state index is 12.3. The van der Waals surface area contributed by atoms with Crippen LogP contribution in [0.2, 0.25) is 0 Å². The highest BCUT2D eigenvalue weighted by Crippen LogP contribution is 2.19. The van der Waals surface area contributed by atoms with Crippen LogP contribution in [0.25, 0.3) is 10.9 Å². The highest BCUT2D eigenvalue weighted by atomic mass is 16.4. The van der Waals surface area contributed by atoms with Crippen molar-refractivity contribution >= 4 is 22.8 Å². The minimum atomic E-state index is -1.02. The number of likely N-dealkylation sites (N-methyl/N-ethyl adjacent to an activating group) is 1. The Bertz CT molecular complexity index is 645. The van der Waals surface area contributed by atoms with E-state index < -0.39 is 12.0 Å². The van der Waals surface area contributed by atoms with Crippen LogP contribution in [0.3, 0.4) is 0 Å². The van der Waals surface area contributed by atoms with Gasteiger partial charge in [-0.05, 0) is 19.1 Å². The number of hydrogen-bond donors (Lipinski definition) is 1. The molecule has 0 radical (unpaired) electrons. The number of hydrogen-bond acceptors (Lipinski definition) is 2. The van der Waals surface area contributed by atoms with Crippen LogP contribution in [0.5, 0.6) is 0 Å². The summed E-state index contributed by atoms with van der Waals surface area (Å²) < 4.78 is 1.78. The van der Waals surface area contributed by atoms with Gasteiger partial charge in [0.05, 0.1) is 0 Å². The highest BCUT2D eigenvalue weighted by Gasteiger charge is 2.24. The Balaban J connectivity index is 2.42. The van der Waals surface area contributed by atoms with Crippen molar-refractivity contribution in [2.24, 2.45) is 7.05 Å². The maximum Gasteiger partial charge on any atom is 0.326 e. The normalized spacial score (nSPS) is 12.4. The van der Waals surface area contributed by atoms with Crippen molar-refractivity contribution < 1.29 is 14.7 Å². The fourth-order valence-corrected chi connectivity index (χ4v) is 2.02. The lowest BCUT2D eigenvalue weighted by Gasteiger charge is -2.21. The number of amides is 1. The number of benzene rings is 1. The summed E-state index contributed by atoms with van der Waals surface area (Å²) >= 11 is 0. The third-order valence-electron chi connectivity index (χ3n) is 3.43. The Morgan fingerprint density at radius 3 is 2.53 bits per heavy atom. The number of carboxylic acids is 1. The van der Waals surface area contributed by atoms with E-state index in [-0.39, 0.29) is 5.91 Å². The van der Waals surface area contributed by atoms with Gasteiger partial charge in [-0.15, -0.1) is 0 Å². The van der Waals surface area contributed by atoms with Crippen molar-refractivity contribution in [2.45, 2.75) is 13.0 Å². The summed E-state index contributed by atoms with van der Waals surface area (Å²) in [6, 6.07) is 8.58. The number of aromatic nitrogens is 1. The molecule has 0 aliphatic rings. The molecular formula is C14H16N2O3. The number of fused-ring (bicyclic) bond motifs is 1. The molecule has 2 aromatic rings. The first-order valence-corrected chi connectivity index (χ1v) is 5.98. The first-order chi connectivity index (χ1) is 8.93. The predicted octanol–water partition coefficient (Wildman–Crippen LogP) is 1.72. The molecule has 5 nitrogen and oxygen atoms in total. The van der Waals surface area contributed by atoms with E-state index in [1.165, 1.54) is 18.9 Å². The average Bonchev–Trinajstić information content (AvgIpc) is 2.74. The number of aliphatic carboxylic acids is 1. The zero-order valence-corrected chi connectivity index (χ0v) is 11.1. The standard InChI is InChI=1S/C14H16N2O3/c1-9(14(18)19)15(2)13(17)12-8-10-6-4-5-7-11(10)16(12)3/h4-9H,1-3H3,(H,18,19). The number of rotatable bonds is 3. The van der Waals surface area contributed by atoms with E-state index in [9.17, 15) is 9.59 Å². The molecule has 5 heteroatoms. The predicted molar refractivity (Wildman–Crippen MR) is 72.1 cm³/mol. The van der Waals surface area contributed by atoms with Gasteiger partial charge in [0, 0.05) is 25.0 Å². The molecule has 19 heavy (non-hydrogen) atoms. The van der Waals surface area contributed by atoms with E-state index in [4.69, 9.17) is 5.11 Å². The lowest BCUT2D eigenvalue weighted by atomic mass is 10.2. The molecule has 2 rings (SSSR count). The van der Waals surface area contributed by atoms with Crippen LogP contribution in [0.15, 0.2) is 30.3 Å². The number of carboxylic acid groups (broad SMARTS) is 1. The van der Waals surface area contributed by atoms with E-state index in [0.717, 1.165) is 10.9 Å². The highest BCUT2D eigenvalue weighted by molar-refractivity contribution is 6.00. The van der Waals surface area contributed by atoms with Crippen LogP contribution < -0.4 is 0 Å². The van der Waals surface area contributed by atoms with E-state index in [1.54, 1.807) is 17.7 Å². The fourth-order valence-electron chi connectivity index (χ4n) is 2.02. The fraction of sp³-hybridized carbons (Fsp3) is 0.286. The largest absolute Gasteiger partial charge is 0.480 e. The molecule has 0 saturated carbocycles. The molecule has 100 valence electrons. The summed E-state index contributed by atoms with van der Waals surface area (Å²) in [4.78, 5) is 24.5. The summed E-state index contributed by atoms with van der Waals surface area (Å²) in [5, 5.41) is 9.92. The van der Waals surface area contributed by atoms with Gasteiger partial charge in [0.1, 0.15) is 11.7 Å². The third-order valence-corrected chi connectivity index (χ3v) is 3.43. The Kier molecular flexibility index (Phi) is 3.29. The third kappa shape index (κ3) is 2.19. The van der Waals surface area contributed by atoms with E-state index in [0.29, 0.717) is 5.69 Å². The number of aryl methyl sites for hydroxylation is 1. The number of para-hydroxylation sites is 1. The van der Waals surface area contributed by atoms with Gasteiger partial charge in [-0.2, -0.15) is 0 Å². The molecular weight excluding hydrogens is 244 g/mol. The van der Waals surface area contributed by atoms with Gasteiger partial charge >= 0.3 is 5.97 Å². The summed E-state index contributed by atoms with van der Waals surface area (Å²) in [5.41, 5.74) is 1.43. The molecule has 0 bridgehead atoms. The van der Waals surface area contributed by atoms with E-state index in [1.807, 2.05) is 24.3 Å². The van der Waals surface area contributed by atoms with Gasteiger partial charge in [-0.1, -0.05) is 18.2 Å². The second kappa shape index (κ2) is 4.76. The first kappa shape index (κ1) is 13.1. The van der Waals surface area contributed by atoms with Crippen LogP contribution in [-0.2, 0) is 11.8 Å². The molecule has 0 aliphatic heterocycles. The quantitative estimate of drug-likeness (QED) is 0.914. The Morgan fingerprint density at radius 1 is 1.32 bits per heavy atom. The van der Waals surface area contributed by atoms with Crippen LogP contribution in [0.4, 0.5) is 0 Å². The SMILES string of the molecule is CC(C(=O)O)N(C)C(=O)c1cc2ccccc2n1C. The first-order valence-electron chi connectivity index (χ1n) is 5.98. The zero-order chi connectivity index (χ0) is 14.2. The van der Waals surface area contributed by atoms with Crippen molar-refractivity contribution in [1.82, 2.24) is 9.47 Å². The van der Waals surface area contributed by atoms with Crippen LogP contribution in [-0.4, -0.2) is 39.5 Å². The second-order valence-corrected chi connectivity index (χ2v) is 4.58. The van der Waals surface area contributed by atoms with Gasteiger partial charge in [0.25, 0.3) is 5.91 Å². The van der Waals surface area contributed by atoms with Crippen molar-refractivity contribution in [2.75, 3.05) is 7.05 Å². The molecule has 1 unspecified atom stereocenters. The van der Waals surface area contributed by atoms with Gasteiger partial charge in [0.15, 0.2) is 0 Å². The van der Waals surface area contributed by atoms with E-state index in [2.05, 4.69) is 0 Å². The van der Waals surface area contributed by atoms with Gasteiger partial charge in [-0.25, -0.2) is 4.79 Å². The zero-order valence-electron chi connectivity index (χ0n) is 11.1. The molecule has 1 atom stereocenters. The summed E-state index contributed by atoms with van der Waals surface area (Å²) in [6.07, 6.45) is 0. The van der Waals surface area contributed by atoms with Crippen LogP contribution in [0, 0.1) is 0 Å². The van der Waals surface area contributed by atoms with Crippen molar-refractivity contribution in [3.63, 3.8) is 0 Å². The minimum Gasteiger partial charge on any atom is -0.480 e. The van der Waals surface area contributed by atoms with Gasteiger partial charge < -0.3 is 14.6 Å². The molecule has 0 spiro atoms. The number of carbonyl (C=O) groups excluding carboxylic acids is 1. The molecule has 1 aromatic carbocycles. The molecule has 1 amide bonds. The van der Waals surface area contributed by atoms with Crippen LogP contribution in [0.1, 0.15) is 17.4 Å². The van der Waals surface area contributed by atoms with Gasteiger partial charge in [0.2, 0.25) is 0 Å². The van der Waals surface area contributed by atoms with Gasteiger partial charge in [-0.3, -0.25) is 4.79 Å². The van der Waals surface area contributed by atoms with Crippen molar-refractivity contribution in [3.8, 4) is 0 Å². The molecule has 1 aromatic heterocycles. The molecule has 0 saturated heterocycles. The number of carbonyl (C=O) groups is 2. The average molecular weight is 260 g/mol. The van der Waals surface area contributed by atoms with Crippen molar-refractivity contribution in [1.29, 1.82) is 0 Å². The lowest BCUT2D eigenvalue weighted by molar-refractivity contribution is -0.141. The lowest BCUT2D eigenvalue weighted by Crippen LogP contribution is -2.40. The molecule has 0 fully saturated rings. The summed E-state index contributed by atoms with van der Waals surface area (Å²) in [7, 11) is 3.30. The Hall–Kier alpha value is -2.30. The summed E-state index contributed by atoms with van der Waals surface area (Å²) in [6.45, 7) is 1.49.